The number of nitrogens with zero attached hydrogens (tertiary/aromatic N) is 2. The van der Waals surface area contributed by atoms with E-state index >= 15 is 0 Å². The number of hydrogen-bond acceptors (Lipinski definition) is 5. The molecule has 1 aromatic rings. The summed E-state index contributed by atoms with van der Waals surface area (Å²) in [7, 11) is -2.47. The third-order valence-corrected chi connectivity index (χ3v) is 8.40. The number of sulfonamides is 1. The van der Waals surface area contributed by atoms with Crippen LogP contribution in [-0.2, 0) is 19.6 Å². The highest BCUT2D eigenvalue weighted by Gasteiger charge is 2.41. The van der Waals surface area contributed by atoms with Gasteiger partial charge in [0.15, 0.2) is 0 Å². The van der Waals surface area contributed by atoms with Crippen LogP contribution >= 0.6 is 11.6 Å². The summed E-state index contributed by atoms with van der Waals surface area (Å²) in [5.74, 6) is -0.649. The van der Waals surface area contributed by atoms with Crippen molar-refractivity contribution in [2.75, 3.05) is 38.5 Å². The molecule has 2 unspecified atom stereocenters. The molecule has 2 atom stereocenters. The zero-order valence-electron chi connectivity index (χ0n) is 17.6. The van der Waals surface area contributed by atoms with Crippen molar-refractivity contribution in [3.05, 3.63) is 29.0 Å². The van der Waals surface area contributed by atoms with E-state index in [1.807, 2.05) is 0 Å². The number of halogens is 2. The first-order valence-electron chi connectivity index (χ1n) is 10.3. The van der Waals surface area contributed by atoms with Gasteiger partial charge in [-0.1, -0.05) is 18.5 Å². The maximum absolute atomic E-state index is 13.2. The van der Waals surface area contributed by atoms with Gasteiger partial charge < -0.3 is 15.5 Å². The average Bonchev–Trinajstić information content (AvgIpc) is 3.22. The zero-order valence-corrected chi connectivity index (χ0v) is 19.2. The van der Waals surface area contributed by atoms with Crippen molar-refractivity contribution in [2.24, 2.45) is 5.92 Å². The van der Waals surface area contributed by atoms with E-state index in [2.05, 4.69) is 17.6 Å². The van der Waals surface area contributed by atoms with Gasteiger partial charge in [-0.15, -0.1) is 0 Å². The number of carbonyl (C=O) groups is 2. The van der Waals surface area contributed by atoms with E-state index in [1.165, 1.54) is 19.2 Å². The van der Waals surface area contributed by atoms with Gasteiger partial charge in [-0.05, 0) is 43.4 Å². The van der Waals surface area contributed by atoms with Gasteiger partial charge in [-0.25, -0.2) is 12.8 Å². The number of likely N-dealkylation sites (N-methyl/N-ethyl adjacent to an activating group) is 1. The zero-order chi connectivity index (χ0) is 22.8. The van der Waals surface area contributed by atoms with Crippen LogP contribution in [0.1, 0.15) is 26.2 Å². The minimum absolute atomic E-state index is 0.0572. The number of benzene rings is 1. The Kier molecular flexibility index (Phi) is 7.56. The predicted octanol–water partition coefficient (Wildman–Crippen LogP) is 1.67. The summed E-state index contributed by atoms with van der Waals surface area (Å²) in [6.45, 7) is 3.31. The smallest absolute Gasteiger partial charge is 0.239 e. The normalized spacial score (nSPS) is 22.7. The second kappa shape index (κ2) is 9.81. The highest BCUT2D eigenvalue weighted by atomic mass is 35.5. The fraction of sp³-hybridized carbons (Fsp3) is 0.600. The number of hydrogen-bond donors (Lipinski definition) is 2. The van der Waals surface area contributed by atoms with E-state index in [0.29, 0.717) is 19.0 Å². The van der Waals surface area contributed by atoms with Gasteiger partial charge in [-0.3, -0.25) is 9.59 Å². The second-order valence-electron chi connectivity index (χ2n) is 8.30. The molecule has 0 radical (unpaired) electrons. The Morgan fingerprint density at radius 1 is 1.32 bits per heavy atom. The SMILES string of the molecule is CC1CCN(C(=O)C2CC(S(=O)(=O)N(C)CC(=O)Nc3ccc(F)c(Cl)c3)CN2)CC1. The Bertz CT molecular complexity index is 937. The van der Waals surface area contributed by atoms with Crippen LogP contribution in [0.25, 0.3) is 0 Å². The molecule has 0 spiro atoms. The molecule has 172 valence electrons. The number of amides is 2. The molecule has 2 N–H and O–H groups in total. The maximum Gasteiger partial charge on any atom is 0.239 e. The molecule has 2 saturated heterocycles. The van der Waals surface area contributed by atoms with Crippen LogP contribution in [0.5, 0.6) is 0 Å². The van der Waals surface area contributed by atoms with Crippen molar-refractivity contribution >= 4 is 39.1 Å². The Balaban J connectivity index is 1.55. The van der Waals surface area contributed by atoms with Crippen molar-refractivity contribution < 1.29 is 22.4 Å². The van der Waals surface area contributed by atoms with Crippen molar-refractivity contribution in [2.45, 2.75) is 37.5 Å². The number of rotatable bonds is 6. The molecular formula is C20H28ClFN4O4S. The maximum atomic E-state index is 13.2. The van der Waals surface area contributed by atoms with Crippen molar-refractivity contribution in [1.82, 2.24) is 14.5 Å². The summed E-state index contributed by atoms with van der Waals surface area (Å²) in [5.41, 5.74) is 0.270. The molecule has 0 aliphatic carbocycles. The predicted molar refractivity (Wildman–Crippen MR) is 117 cm³/mol. The van der Waals surface area contributed by atoms with Gasteiger partial charge in [0, 0.05) is 32.4 Å². The number of anilines is 1. The Morgan fingerprint density at radius 3 is 2.65 bits per heavy atom. The minimum Gasteiger partial charge on any atom is -0.341 e. The molecule has 2 heterocycles. The molecular weight excluding hydrogens is 447 g/mol. The van der Waals surface area contributed by atoms with Gasteiger partial charge in [0.2, 0.25) is 21.8 Å². The molecule has 31 heavy (non-hydrogen) atoms. The molecule has 3 rings (SSSR count). The van der Waals surface area contributed by atoms with Crippen LogP contribution in [0.3, 0.4) is 0 Å². The minimum atomic E-state index is -3.79. The van der Waals surface area contributed by atoms with Crippen molar-refractivity contribution in [1.29, 1.82) is 0 Å². The van der Waals surface area contributed by atoms with Crippen LogP contribution in [0, 0.1) is 11.7 Å². The summed E-state index contributed by atoms with van der Waals surface area (Å²) in [6.07, 6.45) is 2.08. The quantitative estimate of drug-likeness (QED) is 0.653. The fourth-order valence-corrected chi connectivity index (χ4v) is 5.62. The molecule has 2 aliphatic heterocycles. The van der Waals surface area contributed by atoms with Crippen LogP contribution in [-0.4, -0.2) is 74.0 Å². The first-order valence-corrected chi connectivity index (χ1v) is 12.2. The first-order chi connectivity index (χ1) is 14.6. The van der Waals surface area contributed by atoms with Crippen LogP contribution in [0.2, 0.25) is 5.02 Å². The van der Waals surface area contributed by atoms with Crippen LogP contribution < -0.4 is 10.6 Å². The molecule has 2 aliphatic rings. The van der Waals surface area contributed by atoms with Gasteiger partial charge in [-0.2, -0.15) is 4.31 Å². The average molecular weight is 475 g/mol. The summed E-state index contributed by atoms with van der Waals surface area (Å²) in [6, 6.07) is 3.17. The number of piperidine rings is 1. The Labute approximate surface area is 187 Å². The van der Waals surface area contributed by atoms with E-state index in [0.717, 1.165) is 23.2 Å². The standard InChI is InChI=1S/C20H28ClFN4O4S/c1-13-5-7-26(8-6-13)20(28)18-10-15(11-23-18)31(29,30)25(2)12-19(27)24-14-3-4-17(22)16(21)9-14/h3-4,9,13,15,18,23H,5-8,10-12H2,1-2H3,(H,24,27). The molecule has 2 amide bonds. The summed E-state index contributed by atoms with van der Waals surface area (Å²) in [4.78, 5) is 26.8. The van der Waals surface area contributed by atoms with Crippen LogP contribution in [0.15, 0.2) is 18.2 Å². The third-order valence-electron chi connectivity index (χ3n) is 5.91. The second-order valence-corrected chi connectivity index (χ2v) is 11.0. The fourth-order valence-electron chi connectivity index (χ4n) is 3.89. The number of carbonyl (C=O) groups excluding carboxylic acids is 2. The molecule has 8 nitrogen and oxygen atoms in total. The molecule has 11 heteroatoms. The lowest BCUT2D eigenvalue weighted by atomic mass is 9.98. The lowest BCUT2D eigenvalue weighted by Crippen LogP contribution is -2.46. The van der Waals surface area contributed by atoms with Crippen LogP contribution in [0.4, 0.5) is 10.1 Å². The molecule has 1 aromatic carbocycles. The van der Waals surface area contributed by atoms with Gasteiger partial charge in [0.25, 0.3) is 0 Å². The van der Waals surface area contributed by atoms with E-state index in [1.54, 1.807) is 4.90 Å². The molecule has 0 bridgehead atoms. The molecule has 2 fully saturated rings. The Hall–Kier alpha value is -1.75. The number of nitrogens with one attached hydrogen (secondary N) is 2. The van der Waals surface area contributed by atoms with E-state index in [9.17, 15) is 22.4 Å². The van der Waals surface area contributed by atoms with E-state index in [4.69, 9.17) is 11.6 Å². The van der Waals surface area contributed by atoms with E-state index < -0.39 is 39.6 Å². The number of likely N-dealkylation sites (tertiary alicyclic amines) is 1. The topological polar surface area (TPSA) is 98.8 Å². The monoisotopic (exact) mass is 474 g/mol. The van der Waals surface area contributed by atoms with Gasteiger partial charge in [0.1, 0.15) is 5.82 Å². The van der Waals surface area contributed by atoms with E-state index in [-0.39, 0.29) is 29.6 Å². The summed E-state index contributed by atoms with van der Waals surface area (Å²) >= 11 is 5.69. The van der Waals surface area contributed by atoms with Gasteiger partial charge >= 0.3 is 0 Å². The molecule has 0 saturated carbocycles. The summed E-state index contributed by atoms with van der Waals surface area (Å²) in [5, 5.41) is 4.60. The Morgan fingerprint density at radius 2 is 2.00 bits per heavy atom. The lowest BCUT2D eigenvalue weighted by Gasteiger charge is -2.32. The highest BCUT2D eigenvalue weighted by molar-refractivity contribution is 7.89. The third kappa shape index (κ3) is 5.74. The van der Waals surface area contributed by atoms with Gasteiger partial charge in [0.05, 0.1) is 22.9 Å². The van der Waals surface area contributed by atoms with Crippen molar-refractivity contribution in [3.63, 3.8) is 0 Å². The molecule has 0 aromatic heterocycles. The van der Waals surface area contributed by atoms with Crippen molar-refractivity contribution in [3.8, 4) is 0 Å². The largest absolute Gasteiger partial charge is 0.341 e. The first kappa shape index (κ1) is 23.9. The highest BCUT2D eigenvalue weighted by Crippen LogP contribution is 2.23. The summed E-state index contributed by atoms with van der Waals surface area (Å²) < 4.78 is 40.1. The lowest BCUT2D eigenvalue weighted by molar-refractivity contribution is -0.134.